The van der Waals surface area contributed by atoms with E-state index >= 15 is 0 Å². The third kappa shape index (κ3) is 3.92. The lowest BCUT2D eigenvalue weighted by Crippen LogP contribution is -2.47. The third-order valence-electron chi connectivity index (χ3n) is 2.87. The molecule has 1 aromatic carbocycles. The first-order valence-electron chi connectivity index (χ1n) is 6.03. The van der Waals surface area contributed by atoms with E-state index in [0.29, 0.717) is 23.9 Å². The molecule has 4 nitrogen and oxygen atoms in total. The van der Waals surface area contributed by atoms with E-state index in [1.165, 1.54) is 0 Å². The number of thiocarbonyl (C=S) groups is 1. The summed E-state index contributed by atoms with van der Waals surface area (Å²) in [5.41, 5.74) is 0.619. The zero-order valence-electron chi connectivity index (χ0n) is 10.7. The van der Waals surface area contributed by atoms with Gasteiger partial charge < -0.3 is 9.64 Å². The summed E-state index contributed by atoms with van der Waals surface area (Å²) in [5.74, 6) is -0.163. The van der Waals surface area contributed by atoms with E-state index in [-0.39, 0.29) is 5.91 Å². The second-order valence-electron chi connectivity index (χ2n) is 4.09. The molecule has 0 unspecified atom stereocenters. The number of hydrogen-bond acceptors (Lipinski definition) is 4. The van der Waals surface area contributed by atoms with Crippen molar-refractivity contribution >= 4 is 35.0 Å². The standard InChI is InChI=1S/C13H16N2O2S2/c1-19-11-4-2-10(3-5-11)12(16)14-13(18)15-6-8-17-9-7-15/h2-5H,6-9H2,1H3,(H,14,16,18). The summed E-state index contributed by atoms with van der Waals surface area (Å²) < 4.78 is 5.25. The molecule has 0 aromatic heterocycles. The molecular formula is C13H16N2O2S2. The summed E-state index contributed by atoms with van der Waals surface area (Å²) in [6.45, 7) is 2.76. The summed E-state index contributed by atoms with van der Waals surface area (Å²) in [4.78, 5) is 15.1. The minimum atomic E-state index is -0.163. The van der Waals surface area contributed by atoms with Crippen LogP contribution < -0.4 is 5.32 Å². The molecule has 0 bridgehead atoms. The predicted molar refractivity (Wildman–Crippen MR) is 80.7 cm³/mol. The van der Waals surface area contributed by atoms with Crippen molar-refractivity contribution in [2.75, 3.05) is 32.6 Å². The third-order valence-corrected chi connectivity index (χ3v) is 3.97. The monoisotopic (exact) mass is 296 g/mol. The number of nitrogens with one attached hydrogen (secondary N) is 1. The van der Waals surface area contributed by atoms with Crippen LogP contribution in [0.15, 0.2) is 29.2 Å². The lowest BCUT2D eigenvalue weighted by molar-refractivity contribution is 0.0669. The van der Waals surface area contributed by atoms with Crippen LogP contribution in [0.5, 0.6) is 0 Å². The number of nitrogens with zero attached hydrogens (tertiary/aromatic N) is 1. The first kappa shape index (κ1) is 14.3. The zero-order chi connectivity index (χ0) is 13.7. The Bertz CT molecular complexity index is 456. The van der Waals surface area contributed by atoms with Crippen LogP contribution in [0.1, 0.15) is 10.4 Å². The van der Waals surface area contributed by atoms with Crippen molar-refractivity contribution in [3.63, 3.8) is 0 Å². The van der Waals surface area contributed by atoms with Crippen molar-refractivity contribution in [1.82, 2.24) is 10.2 Å². The molecule has 6 heteroatoms. The number of amides is 1. The minimum Gasteiger partial charge on any atom is -0.378 e. The van der Waals surface area contributed by atoms with Gasteiger partial charge in [0.25, 0.3) is 5.91 Å². The Morgan fingerprint density at radius 2 is 1.95 bits per heavy atom. The summed E-state index contributed by atoms with van der Waals surface area (Å²) in [7, 11) is 0. The van der Waals surface area contributed by atoms with Gasteiger partial charge >= 0.3 is 0 Å². The maximum atomic E-state index is 12.0. The maximum absolute atomic E-state index is 12.0. The Hall–Kier alpha value is -1.11. The second kappa shape index (κ2) is 6.88. The molecule has 0 radical (unpaired) electrons. The van der Waals surface area contributed by atoms with E-state index in [1.807, 2.05) is 35.4 Å². The topological polar surface area (TPSA) is 41.6 Å². The molecule has 1 heterocycles. The number of thioether (sulfide) groups is 1. The number of rotatable bonds is 2. The SMILES string of the molecule is CSc1ccc(C(=O)NC(=S)N2CCOCC2)cc1. The number of carbonyl (C=O) groups excluding carboxylic acids is 1. The molecule has 1 aliphatic heterocycles. The Kier molecular flexibility index (Phi) is 5.18. The van der Waals surface area contributed by atoms with E-state index in [9.17, 15) is 4.79 Å². The molecule has 1 amide bonds. The van der Waals surface area contributed by atoms with E-state index in [0.717, 1.165) is 18.0 Å². The van der Waals surface area contributed by atoms with Crippen molar-refractivity contribution in [3.05, 3.63) is 29.8 Å². The molecule has 2 rings (SSSR count). The van der Waals surface area contributed by atoms with E-state index in [1.54, 1.807) is 11.8 Å². The van der Waals surface area contributed by atoms with Crippen LogP contribution in [0.3, 0.4) is 0 Å². The van der Waals surface area contributed by atoms with E-state index in [4.69, 9.17) is 17.0 Å². The van der Waals surface area contributed by atoms with Gasteiger partial charge in [0.1, 0.15) is 0 Å². The lowest BCUT2D eigenvalue weighted by Gasteiger charge is -2.28. The molecule has 0 aliphatic carbocycles. The normalized spacial score (nSPS) is 15.1. The quantitative estimate of drug-likeness (QED) is 0.665. The first-order valence-corrected chi connectivity index (χ1v) is 7.66. The van der Waals surface area contributed by atoms with E-state index < -0.39 is 0 Å². The van der Waals surface area contributed by atoms with Gasteiger partial charge in [-0.15, -0.1) is 11.8 Å². The van der Waals surface area contributed by atoms with Crippen LogP contribution >= 0.6 is 24.0 Å². The molecule has 102 valence electrons. The molecular weight excluding hydrogens is 280 g/mol. The lowest BCUT2D eigenvalue weighted by atomic mass is 10.2. The predicted octanol–water partition coefficient (Wildman–Crippen LogP) is 1.76. The highest BCUT2D eigenvalue weighted by Gasteiger charge is 2.16. The average Bonchev–Trinajstić information content (AvgIpc) is 2.48. The van der Waals surface area contributed by atoms with Crippen LogP contribution in [0.2, 0.25) is 0 Å². The molecule has 1 aromatic rings. The number of morpholine rings is 1. The summed E-state index contributed by atoms with van der Waals surface area (Å²) in [6.07, 6.45) is 2.00. The summed E-state index contributed by atoms with van der Waals surface area (Å²) in [5, 5.41) is 3.23. The molecule has 0 spiro atoms. The highest BCUT2D eigenvalue weighted by atomic mass is 32.2. The van der Waals surface area contributed by atoms with Gasteiger partial charge in [-0.05, 0) is 42.7 Å². The molecule has 19 heavy (non-hydrogen) atoms. The highest BCUT2D eigenvalue weighted by Crippen LogP contribution is 2.14. The van der Waals surface area contributed by atoms with Crippen molar-refractivity contribution in [2.45, 2.75) is 4.90 Å². The Morgan fingerprint density at radius 3 is 2.53 bits per heavy atom. The van der Waals surface area contributed by atoms with Gasteiger partial charge in [0.15, 0.2) is 5.11 Å². The van der Waals surface area contributed by atoms with Crippen LogP contribution in [0.25, 0.3) is 0 Å². The van der Waals surface area contributed by atoms with Crippen LogP contribution in [-0.4, -0.2) is 48.5 Å². The number of ether oxygens (including phenoxy) is 1. The van der Waals surface area contributed by atoms with Gasteiger partial charge in [-0.1, -0.05) is 0 Å². The van der Waals surface area contributed by atoms with Gasteiger partial charge in [-0.25, -0.2) is 0 Å². The molecule has 0 atom stereocenters. The van der Waals surface area contributed by atoms with Gasteiger partial charge in [0.05, 0.1) is 13.2 Å². The second-order valence-corrected chi connectivity index (χ2v) is 5.35. The number of carbonyl (C=O) groups is 1. The van der Waals surface area contributed by atoms with Crippen LogP contribution in [0, 0.1) is 0 Å². The maximum Gasteiger partial charge on any atom is 0.257 e. The fraction of sp³-hybridized carbons (Fsp3) is 0.385. The van der Waals surface area contributed by atoms with Crippen LogP contribution in [0.4, 0.5) is 0 Å². The molecule has 0 saturated carbocycles. The van der Waals surface area contributed by atoms with Crippen molar-refractivity contribution in [3.8, 4) is 0 Å². The molecule has 1 aliphatic rings. The average molecular weight is 296 g/mol. The van der Waals surface area contributed by atoms with Gasteiger partial charge in [-0.2, -0.15) is 0 Å². The number of hydrogen-bond donors (Lipinski definition) is 1. The largest absolute Gasteiger partial charge is 0.378 e. The van der Waals surface area contributed by atoms with Gasteiger partial charge in [0.2, 0.25) is 0 Å². The fourth-order valence-electron chi connectivity index (χ4n) is 1.76. The summed E-state index contributed by atoms with van der Waals surface area (Å²) in [6, 6.07) is 7.47. The van der Waals surface area contributed by atoms with Gasteiger partial charge in [-0.3, -0.25) is 10.1 Å². The Morgan fingerprint density at radius 1 is 1.32 bits per heavy atom. The highest BCUT2D eigenvalue weighted by molar-refractivity contribution is 7.98. The minimum absolute atomic E-state index is 0.163. The Labute approximate surface area is 122 Å². The molecule has 1 fully saturated rings. The van der Waals surface area contributed by atoms with Crippen molar-refractivity contribution in [2.24, 2.45) is 0 Å². The first-order chi connectivity index (χ1) is 9.20. The number of benzene rings is 1. The molecule has 1 N–H and O–H groups in total. The van der Waals surface area contributed by atoms with Crippen LogP contribution in [-0.2, 0) is 4.74 Å². The van der Waals surface area contributed by atoms with Gasteiger partial charge in [0, 0.05) is 23.5 Å². The summed E-state index contributed by atoms with van der Waals surface area (Å²) >= 11 is 6.88. The fourth-order valence-corrected chi connectivity index (χ4v) is 2.44. The Balaban J connectivity index is 1.93. The van der Waals surface area contributed by atoms with E-state index in [2.05, 4.69) is 5.32 Å². The zero-order valence-corrected chi connectivity index (χ0v) is 12.4. The van der Waals surface area contributed by atoms with Crippen molar-refractivity contribution in [1.29, 1.82) is 0 Å². The smallest absolute Gasteiger partial charge is 0.257 e. The van der Waals surface area contributed by atoms with Crippen molar-refractivity contribution < 1.29 is 9.53 Å². The molecule has 1 saturated heterocycles.